The fraction of sp³-hybridized carbons (Fsp3) is 0.492. The number of aromatic amines is 2. The number of benzene rings is 4. The lowest BCUT2D eigenvalue weighted by Gasteiger charge is -2.37. The van der Waals surface area contributed by atoms with E-state index in [1.165, 1.54) is 49.6 Å². The van der Waals surface area contributed by atoms with Gasteiger partial charge in [-0.2, -0.15) is 0 Å². The third-order valence-corrected chi connectivity index (χ3v) is 17.9. The van der Waals surface area contributed by atoms with Gasteiger partial charge in [0.2, 0.25) is 11.8 Å². The zero-order chi connectivity index (χ0) is 54.0. The van der Waals surface area contributed by atoms with Crippen LogP contribution in [0.25, 0.3) is 44.3 Å². The van der Waals surface area contributed by atoms with Gasteiger partial charge in [0.05, 0.1) is 34.2 Å². The molecule has 0 spiro atoms. The summed E-state index contributed by atoms with van der Waals surface area (Å²) in [5.74, 6) is 2.24. The number of H-pyrrole nitrogens is 2. The Hall–Kier alpha value is -6.96. The van der Waals surface area contributed by atoms with E-state index >= 15 is 0 Å². The fourth-order valence-electron chi connectivity index (χ4n) is 13.6. The maximum absolute atomic E-state index is 14.7. The topological polar surface area (TPSA) is 163 Å². The van der Waals surface area contributed by atoms with Gasteiger partial charge in [-0.15, -0.1) is 0 Å². The van der Waals surface area contributed by atoms with Crippen molar-refractivity contribution in [3.63, 3.8) is 0 Å². The molecule has 404 valence electrons. The van der Waals surface area contributed by atoms with E-state index in [1.807, 2.05) is 32.6 Å². The molecule has 6 aromatic rings. The summed E-state index contributed by atoms with van der Waals surface area (Å²) < 4.78 is 0. The normalized spacial score (nSPS) is 23.7. The smallest absolute Gasteiger partial charge is 0.317 e. The number of hydrogen-bond acceptors (Lipinski definition) is 6. The zero-order valence-corrected chi connectivity index (χ0v) is 46.5. The van der Waals surface area contributed by atoms with Crippen molar-refractivity contribution in [2.24, 2.45) is 23.7 Å². The van der Waals surface area contributed by atoms with Crippen molar-refractivity contribution in [2.75, 3.05) is 28.2 Å². The Kier molecular flexibility index (Phi) is 14.3. The summed E-state index contributed by atoms with van der Waals surface area (Å²) in [6.45, 7) is 10.3. The third kappa shape index (κ3) is 10.0. The summed E-state index contributed by atoms with van der Waals surface area (Å²) in [6.07, 6.45) is 14.9. The Bertz CT molecular complexity index is 3260. The SMILES string of the molecule is CC(C)[C@H](NC(=O)N(C)C)C(=O)N1[C@H](c2nc3ccc(-c4cc5ccc4CCc4ccc(c(-c6ccc7nc([C@@H]8C[C@@H]9C=CCC[C@@H]9N8C(=O)[C@@H](NC(=O)N(C)C)C(C)C)[nH]c7c6)c4)C[C@H]5C)cc3[nH]2)C[C@@H]2CCCC[C@@H]21. The molecule has 3 fully saturated rings. The van der Waals surface area contributed by atoms with Crippen LogP contribution in [0.2, 0.25) is 0 Å². The predicted molar refractivity (Wildman–Crippen MR) is 304 cm³/mol. The van der Waals surface area contributed by atoms with E-state index in [0.29, 0.717) is 5.92 Å². The Balaban J connectivity index is 0.860. The number of nitrogens with one attached hydrogen (secondary N) is 4. The largest absolute Gasteiger partial charge is 0.340 e. The van der Waals surface area contributed by atoms with Gasteiger partial charge in [0.25, 0.3) is 0 Å². The molecule has 6 amide bonds. The van der Waals surface area contributed by atoms with Crippen LogP contribution in [0.15, 0.2) is 84.9 Å². The highest BCUT2D eigenvalue weighted by Gasteiger charge is 2.49. The number of carbonyl (C=O) groups excluding carboxylic acids is 4. The van der Waals surface area contributed by atoms with E-state index < -0.39 is 12.1 Å². The predicted octanol–water partition coefficient (Wildman–Crippen LogP) is 11.2. The minimum absolute atomic E-state index is 0.0172. The molecule has 9 atom stereocenters. The number of imidazole rings is 2. The maximum Gasteiger partial charge on any atom is 0.317 e. The number of fused-ring (bicyclic) bond motifs is 4. The van der Waals surface area contributed by atoms with Gasteiger partial charge in [-0.05, 0) is 156 Å². The Morgan fingerprint density at radius 3 is 1.82 bits per heavy atom. The van der Waals surface area contributed by atoms with Crippen LogP contribution in [-0.2, 0) is 28.9 Å². The number of carbonyl (C=O) groups is 4. The number of amides is 6. The molecule has 2 aromatic heterocycles. The Labute approximate surface area is 453 Å². The lowest BCUT2D eigenvalue weighted by Crippen LogP contribution is -2.55. The highest BCUT2D eigenvalue weighted by molar-refractivity contribution is 5.90. The van der Waals surface area contributed by atoms with Crippen LogP contribution in [-0.4, -0.2) is 116 Å². The molecule has 2 saturated heterocycles. The maximum atomic E-state index is 14.7. The van der Waals surface area contributed by atoms with Crippen LogP contribution >= 0.6 is 0 Å². The van der Waals surface area contributed by atoms with E-state index in [-0.39, 0.29) is 71.7 Å². The fourth-order valence-corrected chi connectivity index (χ4v) is 13.6. The van der Waals surface area contributed by atoms with Crippen molar-refractivity contribution in [2.45, 2.75) is 147 Å². The van der Waals surface area contributed by atoms with Gasteiger partial charge in [0.1, 0.15) is 23.7 Å². The van der Waals surface area contributed by atoms with Gasteiger partial charge in [0, 0.05) is 40.3 Å². The first-order valence-electron chi connectivity index (χ1n) is 28.5. The van der Waals surface area contributed by atoms with Crippen molar-refractivity contribution in [1.82, 2.24) is 50.2 Å². The van der Waals surface area contributed by atoms with Crippen LogP contribution in [0.3, 0.4) is 0 Å². The quantitative estimate of drug-likeness (QED) is 0.0999. The zero-order valence-electron chi connectivity index (χ0n) is 46.5. The van der Waals surface area contributed by atoms with Gasteiger partial charge >= 0.3 is 12.1 Å². The molecule has 2 aliphatic heterocycles. The lowest BCUT2D eigenvalue weighted by molar-refractivity contribution is -0.139. The molecule has 14 rings (SSSR count). The van der Waals surface area contributed by atoms with Crippen molar-refractivity contribution in [3.05, 3.63) is 119 Å². The minimum atomic E-state index is -0.653. The number of rotatable bonds is 10. The van der Waals surface area contributed by atoms with E-state index in [2.05, 4.69) is 117 Å². The Morgan fingerprint density at radius 2 is 1.21 bits per heavy atom. The standard InChI is InChI=1S/C63H78N10O4/c1-35(2)56(68-62(76)70(6)7)60(74)72-52-16-12-10-14-44(52)33-54(72)58-64-48-26-24-42(31-50(48)66-58)46-29-38-18-20-39-22-23-40(37(5)28-41(46)21-19-38)30-47(39)43-25-27-49-51(32-43)67-59(65-49)55-34-45-15-11-13-17-53(45)73(55)61(75)57(36(3)4)69-63(77)71(8)9/h10,14,19,21-27,29-32,35-37,44-45,52-57H,11-13,15-18,20,28,33-34H2,1-9H3,(H,64,66)(H,65,67)(H,68,76)(H,69,77)/t37-,44+,45+,52+,53+,54+,55+,56+,57+/m1/s1. The minimum Gasteiger partial charge on any atom is -0.340 e. The molecule has 77 heavy (non-hydrogen) atoms. The first kappa shape index (κ1) is 52.1. The molecule has 8 aliphatic rings. The second-order valence-electron chi connectivity index (χ2n) is 24.2. The van der Waals surface area contributed by atoms with Crippen LogP contribution in [0.1, 0.15) is 138 Å². The van der Waals surface area contributed by atoms with E-state index in [9.17, 15) is 19.2 Å². The highest BCUT2D eigenvalue weighted by Crippen LogP contribution is 2.48. The van der Waals surface area contributed by atoms with Crippen LogP contribution in [0.4, 0.5) is 9.59 Å². The number of hydrogen-bond donors (Lipinski definition) is 4. The summed E-state index contributed by atoms with van der Waals surface area (Å²) in [4.78, 5) is 80.1. The number of allylic oxidation sites excluding steroid dienone is 1. The second kappa shape index (κ2) is 21.1. The Morgan fingerprint density at radius 1 is 0.636 bits per heavy atom. The van der Waals surface area contributed by atoms with Crippen molar-refractivity contribution in [3.8, 4) is 22.3 Å². The third-order valence-electron chi connectivity index (χ3n) is 17.9. The molecule has 4 heterocycles. The van der Waals surface area contributed by atoms with Crippen LogP contribution in [0, 0.1) is 23.7 Å². The number of aromatic nitrogens is 4. The summed E-state index contributed by atoms with van der Waals surface area (Å²) in [7, 11) is 6.82. The molecular weight excluding hydrogens is 961 g/mol. The molecule has 4 aromatic carbocycles. The molecule has 4 N–H and O–H groups in total. The highest BCUT2D eigenvalue weighted by atomic mass is 16.2. The second-order valence-corrected chi connectivity index (χ2v) is 24.2. The van der Waals surface area contributed by atoms with Crippen molar-refractivity contribution < 1.29 is 19.2 Å². The summed E-state index contributed by atoms with van der Waals surface area (Å²) in [5, 5.41) is 6.07. The van der Waals surface area contributed by atoms with E-state index in [1.54, 1.807) is 28.2 Å². The summed E-state index contributed by atoms with van der Waals surface area (Å²) >= 11 is 0. The number of likely N-dealkylation sites (tertiary alicyclic amines) is 2. The number of aryl methyl sites for hydroxylation is 2. The van der Waals surface area contributed by atoms with E-state index in [0.717, 1.165) is 109 Å². The van der Waals surface area contributed by atoms with Gasteiger partial charge in [-0.25, -0.2) is 19.6 Å². The van der Waals surface area contributed by atoms with Crippen molar-refractivity contribution in [1.29, 1.82) is 0 Å². The number of urea groups is 2. The molecule has 4 bridgehead atoms. The number of nitrogens with zero attached hydrogens (tertiary/aromatic N) is 6. The first-order chi connectivity index (χ1) is 37.0. The van der Waals surface area contributed by atoms with Gasteiger partial charge in [-0.3, -0.25) is 9.59 Å². The monoisotopic (exact) mass is 1040 g/mol. The molecule has 14 nitrogen and oxygen atoms in total. The molecule has 14 heteroatoms. The molecular formula is C63H78N10O4. The lowest BCUT2D eigenvalue weighted by atomic mass is 9.84. The van der Waals surface area contributed by atoms with Gasteiger partial charge in [-0.1, -0.05) is 108 Å². The van der Waals surface area contributed by atoms with Crippen LogP contribution < -0.4 is 10.6 Å². The van der Waals surface area contributed by atoms with E-state index in [4.69, 9.17) is 9.97 Å². The summed E-state index contributed by atoms with van der Waals surface area (Å²) in [6, 6.07) is 25.1. The molecule has 0 radical (unpaired) electrons. The first-order valence-corrected chi connectivity index (χ1v) is 28.5. The summed E-state index contributed by atoms with van der Waals surface area (Å²) in [5.41, 5.74) is 13.6. The average molecular weight is 1040 g/mol. The van der Waals surface area contributed by atoms with Gasteiger partial charge < -0.3 is 40.2 Å². The van der Waals surface area contributed by atoms with Gasteiger partial charge in [0.15, 0.2) is 0 Å². The molecule has 0 unspecified atom stereocenters. The van der Waals surface area contributed by atoms with Crippen LogP contribution in [0.5, 0.6) is 0 Å². The van der Waals surface area contributed by atoms with Crippen molar-refractivity contribution >= 4 is 45.9 Å². The molecule has 1 saturated carbocycles. The average Bonchev–Trinajstić information content (AvgIpc) is 4.24. The molecule has 6 aliphatic carbocycles.